The van der Waals surface area contributed by atoms with Crippen molar-refractivity contribution >= 4 is 25.6 Å². The Bertz CT molecular complexity index is 448. The molecular formula is C16H31ClN2O3S. The molecule has 7 heteroatoms. The van der Waals surface area contributed by atoms with Crippen LogP contribution in [0.5, 0.6) is 0 Å². The smallest absolute Gasteiger partial charge is 0.232 e. The lowest BCUT2D eigenvalue weighted by molar-refractivity contribution is -0.127. The number of hydrogen-bond donors (Lipinski definition) is 0. The molecule has 0 aromatic rings. The Morgan fingerprint density at radius 3 is 2.22 bits per heavy atom. The van der Waals surface area contributed by atoms with Gasteiger partial charge >= 0.3 is 0 Å². The van der Waals surface area contributed by atoms with E-state index in [1.54, 1.807) is 4.90 Å². The van der Waals surface area contributed by atoms with Crippen molar-refractivity contribution in [1.29, 1.82) is 0 Å². The van der Waals surface area contributed by atoms with E-state index >= 15 is 0 Å². The Labute approximate surface area is 145 Å². The summed E-state index contributed by atoms with van der Waals surface area (Å²) in [5.74, 6) is -0.194. The van der Waals surface area contributed by atoms with Gasteiger partial charge in [0.1, 0.15) is 0 Å². The number of rotatable bonds is 12. The van der Waals surface area contributed by atoms with Crippen LogP contribution >= 0.6 is 10.7 Å². The molecule has 0 N–H and O–H groups in total. The van der Waals surface area contributed by atoms with Gasteiger partial charge in [0.2, 0.25) is 15.0 Å². The topological polar surface area (TPSA) is 57.7 Å². The average Bonchev–Trinajstić information content (AvgIpc) is 2.79. The van der Waals surface area contributed by atoms with Gasteiger partial charge in [-0.25, -0.2) is 8.42 Å². The summed E-state index contributed by atoms with van der Waals surface area (Å²) in [7, 11) is 1.76. The molecule has 23 heavy (non-hydrogen) atoms. The maximum absolute atomic E-state index is 12.0. The second-order valence-electron chi connectivity index (χ2n) is 6.52. The quantitative estimate of drug-likeness (QED) is 0.498. The normalized spacial score (nSPS) is 19.0. The summed E-state index contributed by atoms with van der Waals surface area (Å²) in [6.45, 7) is 8.89. The predicted octanol–water partition coefficient (Wildman–Crippen LogP) is 2.70. The lowest BCUT2D eigenvalue weighted by Gasteiger charge is -2.23. The summed E-state index contributed by atoms with van der Waals surface area (Å²) in [6.07, 6.45) is 6.06. The summed E-state index contributed by atoms with van der Waals surface area (Å²) in [5.41, 5.74) is 0. The van der Waals surface area contributed by atoms with Crippen molar-refractivity contribution in [3.63, 3.8) is 0 Å². The summed E-state index contributed by atoms with van der Waals surface area (Å²) in [6, 6.07) is 0. The first-order valence-corrected chi connectivity index (χ1v) is 11.3. The van der Waals surface area contributed by atoms with Gasteiger partial charge < -0.3 is 9.80 Å². The fourth-order valence-corrected chi connectivity index (χ4v) is 4.37. The Morgan fingerprint density at radius 1 is 1.13 bits per heavy atom. The third-order valence-corrected chi connectivity index (χ3v) is 5.54. The highest BCUT2D eigenvalue weighted by atomic mass is 35.7. The van der Waals surface area contributed by atoms with Gasteiger partial charge in [0.15, 0.2) is 0 Å². The minimum atomic E-state index is -3.52. The van der Waals surface area contributed by atoms with E-state index in [1.807, 2.05) is 0 Å². The third-order valence-electron chi connectivity index (χ3n) is 4.29. The van der Waals surface area contributed by atoms with Crippen LogP contribution in [0.3, 0.4) is 0 Å². The van der Waals surface area contributed by atoms with Gasteiger partial charge in [-0.2, -0.15) is 0 Å². The number of nitrogens with zero attached hydrogens (tertiary/aromatic N) is 2. The van der Waals surface area contributed by atoms with Crippen LogP contribution < -0.4 is 0 Å². The van der Waals surface area contributed by atoms with Gasteiger partial charge in [0.25, 0.3) is 0 Å². The molecule has 1 amide bonds. The van der Waals surface area contributed by atoms with E-state index in [9.17, 15) is 13.2 Å². The summed E-state index contributed by atoms with van der Waals surface area (Å²) >= 11 is 0. The van der Waals surface area contributed by atoms with E-state index < -0.39 is 9.05 Å². The molecule has 136 valence electrons. The number of unbranched alkanes of at least 4 members (excludes halogenated alkanes) is 2. The number of carbonyl (C=O) groups is 1. The monoisotopic (exact) mass is 366 g/mol. The van der Waals surface area contributed by atoms with Gasteiger partial charge in [0, 0.05) is 36.1 Å². The van der Waals surface area contributed by atoms with E-state index in [2.05, 4.69) is 18.7 Å². The van der Waals surface area contributed by atoms with Crippen molar-refractivity contribution < 1.29 is 13.2 Å². The standard InChI is InChI=1S/C16H31ClN2O3S/c1-3-5-8-18(9-6-4-2)10-7-11-19-13-15(12-16(19)20)14-23(17,21)22/h15H,3-14H2,1-2H3. The molecule has 0 radical (unpaired) electrons. The highest BCUT2D eigenvalue weighted by molar-refractivity contribution is 8.13. The molecule has 1 aliphatic rings. The highest BCUT2D eigenvalue weighted by Crippen LogP contribution is 2.21. The number of halogens is 1. The molecule has 5 nitrogen and oxygen atoms in total. The van der Waals surface area contributed by atoms with Crippen LogP contribution in [0.25, 0.3) is 0 Å². The van der Waals surface area contributed by atoms with Crippen LogP contribution in [0, 0.1) is 5.92 Å². The molecule has 1 rings (SSSR count). The fourth-order valence-electron chi connectivity index (χ4n) is 3.05. The van der Waals surface area contributed by atoms with E-state index in [-0.39, 0.29) is 17.6 Å². The molecule has 1 aliphatic heterocycles. The van der Waals surface area contributed by atoms with Crippen molar-refractivity contribution in [3.8, 4) is 0 Å². The van der Waals surface area contributed by atoms with Crippen molar-refractivity contribution in [1.82, 2.24) is 9.80 Å². The molecule has 0 aliphatic carbocycles. The number of likely N-dealkylation sites (tertiary alicyclic amines) is 1. The van der Waals surface area contributed by atoms with Crippen molar-refractivity contribution in [2.45, 2.75) is 52.4 Å². The largest absolute Gasteiger partial charge is 0.342 e. The maximum atomic E-state index is 12.0. The van der Waals surface area contributed by atoms with Gasteiger partial charge in [0.05, 0.1) is 5.75 Å². The van der Waals surface area contributed by atoms with Crippen LogP contribution in [-0.4, -0.2) is 62.6 Å². The van der Waals surface area contributed by atoms with Gasteiger partial charge in [-0.05, 0) is 38.9 Å². The zero-order valence-electron chi connectivity index (χ0n) is 14.5. The minimum Gasteiger partial charge on any atom is -0.342 e. The molecule has 0 saturated carbocycles. The molecule has 0 bridgehead atoms. The van der Waals surface area contributed by atoms with Crippen molar-refractivity contribution in [3.05, 3.63) is 0 Å². The zero-order chi connectivity index (χ0) is 17.3. The first-order valence-electron chi connectivity index (χ1n) is 8.78. The first-order chi connectivity index (χ1) is 10.9. The second kappa shape index (κ2) is 10.5. The fraction of sp³-hybridized carbons (Fsp3) is 0.938. The van der Waals surface area contributed by atoms with Gasteiger partial charge in [-0.15, -0.1) is 0 Å². The van der Waals surface area contributed by atoms with Crippen molar-refractivity contribution in [2.24, 2.45) is 5.92 Å². The summed E-state index contributed by atoms with van der Waals surface area (Å²) < 4.78 is 22.3. The maximum Gasteiger partial charge on any atom is 0.232 e. The van der Waals surface area contributed by atoms with Crippen LogP contribution in [0.2, 0.25) is 0 Å². The van der Waals surface area contributed by atoms with Crippen LogP contribution in [0.4, 0.5) is 0 Å². The molecule has 0 aromatic heterocycles. The molecule has 0 spiro atoms. The van der Waals surface area contributed by atoms with E-state index in [4.69, 9.17) is 10.7 Å². The molecule has 1 fully saturated rings. The average molecular weight is 367 g/mol. The lowest BCUT2D eigenvalue weighted by atomic mass is 10.1. The molecule has 1 heterocycles. The first kappa shape index (κ1) is 20.7. The molecule has 1 atom stereocenters. The van der Waals surface area contributed by atoms with E-state index in [0.717, 1.165) is 26.1 Å². The number of carbonyl (C=O) groups excluding carboxylic acids is 1. The van der Waals surface area contributed by atoms with E-state index in [0.29, 0.717) is 19.5 Å². The van der Waals surface area contributed by atoms with Crippen LogP contribution in [0.15, 0.2) is 0 Å². The van der Waals surface area contributed by atoms with Gasteiger partial charge in [-0.1, -0.05) is 26.7 Å². The lowest BCUT2D eigenvalue weighted by Crippen LogP contribution is -2.32. The molecular weight excluding hydrogens is 336 g/mol. The number of hydrogen-bond acceptors (Lipinski definition) is 4. The second-order valence-corrected chi connectivity index (χ2v) is 9.34. The Balaban J connectivity index is 2.33. The highest BCUT2D eigenvalue weighted by Gasteiger charge is 2.31. The predicted molar refractivity (Wildman–Crippen MR) is 95.2 cm³/mol. The Hall–Kier alpha value is -0.330. The number of amides is 1. The third kappa shape index (κ3) is 8.91. The summed E-state index contributed by atoms with van der Waals surface area (Å²) in [5, 5.41) is 0. The van der Waals surface area contributed by atoms with E-state index in [1.165, 1.54) is 25.7 Å². The van der Waals surface area contributed by atoms with Crippen molar-refractivity contribution in [2.75, 3.05) is 38.5 Å². The molecule has 1 unspecified atom stereocenters. The SMILES string of the molecule is CCCCN(CCCC)CCCN1CC(CS(=O)(=O)Cl)CC1=O. The molecule has 0 aromatic carbocycles. The molecule has 1 saturated heterocycles. The minimum absolute atomic E-state index is 0.0592. The van der Waals surface area contributed by atoms with Gasteiger partial charge in [-0.3, -0.25) is 4.79 Å². The zero-order valence-corrected chi connectivity index (χ0v) is 16.0. The summed E-state index contributed by atoms with van der Waals surface area (Å²) in [4.78, 5) is 16.2. The Morgan fingerprint density at radius 2 is 1.70 bits per heavy atom. The Kier molecular flexibility index (Phi) is 9.47. The van der Waals surface area contributed by atoms with Crippen LogP contribution in [0.1, 0.15) is 52.4 Å². The van der Waals surface area contributed by atoms with Crippen LogP contribution in [-0.2, 0) is 13.8 Å².